The third-order valence-corrected chi connectivity index (χ3v) is 4.27. The van der Waals surface area contributed by atoms with Crippen LogP contribution in [-0.2, 0) is 13.5 Å². The predicted molar refractivity (Wildman–Crippen MR) is 80.6 cm³/mol. The average Bonchev–Trinajstić information content (AvgIpc) is 2.76. The van der Waals surface area contributed by atoms with Crippen LogP contribution in [0.25, 0.3) is 10.9 Å². The van der Waals surface area contributed by atoms with Crippen molar-refractivity contribution >= 4 is 10.9 Å². The van der Waals surface area contributed by atoms with Crippen LogP contribution in [0.4, 0.5) is 0 Å². The van der Waals surface area contributed by atoms with Crippen LogP contribution in [0.15, 0.2) is 30.5 Å². The fraction of sp³-hybridized carbons (Fsp3) is 0.500. The van der Waals surface area contributed by atoms with Crippen LogP contribution in [0.2, 0.25) is 0 Å². The molecule has 0 N–H and O–H groups in total. The molecule has 0 unspecified atom stereocenters. The van der Waals surface area contributed by atoms with Crippen molar-refractivity contribution in [2.75, 3.05) is 39.8 Å². The molecule has 1 aromatic carbocycles. The first-order chi connectivity index (χ1) is 9.24. The van der Waals surface area contributed by atoms with Crippen LogP contribution < -0.4 is 0 Å². The monoisotopic (exact) mass is 257 g/mol. The molecule has 1 aromatic heterocycles. The van der Waals surface area contributed by atoms with E-state index in [1.165, 1.54) is 49.2 Å². The normalized spacial score (nSPS) is 18.2. The van der Waals surface area contributed by atoms with Gasteiger partial charge in [-0.2, -0.15) is 0 Å². The molecule has 0 aliphatic carbocycles. The third kappa shape index (κ3) is 2.67. The zero-order valence-electron chi connectivity index (χ0n) is 12.0. The highest BCUT2D eigenvalue weighted by Crippen LogP contribution is 2.20. The van der Waals surface area contributed by atoms with Gasteiger partial charge in [0.2, 0.25) is 0 Å². The molecule has 0 amide bonds. The van der Waals surface area contributed by atoms with Crippen molar-refractivity contribution in [1.29, 1.82) is 0 Å². The van der Waals surface area contributed by atoms with Gasteiger partial charge in [0.05, 0.1) is 0 Å². The molecule has 1 aliphatic rings. The summed E-state index contributed by atoms with van der Waals surface area (Å²) >= 11 is 0. The fourth-order valence-corrected chi connectivity index (χ4v) is 2.97. The van der Waals surface area contributed by atoms with Crippen LogP contribution in [0.1, 0.15) is 5.56 Å². The van der Waals surface area contributed by atoms with E-state index in [4.69, 9.17) is 0 Å². The van der Waals surface area contributed by atoms with Crippen LogP contribution >= 0.6 is 0 Å². The summed E-state index contributed by atoms with van der Waals surface area (Å²) in [5.74, 6) is 0. The Morgan fingerprint density at radius 3 is 2.53 bits per heavy atom. The Morgan fingerprint density at radius 2 is 1.74 bits per heavy atom. The summed E-state index contributed by atoms with van der Waals surface area (Å²) in [5, 5.41) is 1.42. The first-order valence-electron chi connectivity index (χ1n) is 7.18. The molecule has 1 fully saturated rings. The Labute approximate surface area is 115 Å². The van der Waals surface area contributed by atoms with Crippen molar-refractivity contribution in [2.24, 2.45) is 7.05 Å². The van der Waals surface area contributed by atoms with Gasteiger partial charge in [-0.15, -0.1) is 0 Å². The lowest BCUT2D eigenvalue weighted by molar-refractivity contribution is 0.155. The molecule has 0 radical (unpaired) electrons. The zero-order valence-corrected chi connectivity index (χ0v) is 12.0. The molecule has 0 saturated carbocycles. The number of aryl methyl sites for hydroxylation is 1. The molecule has 3 heteroatoms. The number of nitrogens with zero attached hydrogens (tertiary/aromatic N) is 3. The lowest BCUT2D eigenvalue weighted by Gasteiger charge is -2.32. The molecule has 2 aromatic rings. The Bertz CT molecular complexity index is 550. The van der Waals surface area contributed by atoms with Gasteiger partial charge in [0, 0.05) is 56.9 Å². The van der Waals surface area contributed by atoms with Gasteiger partial charge in [0.25, 0.3) is 0 Å². The van der Waals surface area contributed by atoms with Crippen LogP contribution in [-0.4, -0.2) is 54.1 Å². The lowest BCUT2D eigenvalue weighted by Crippen LogP contribution is -2.45. The van der Waals surface area contributed by atoms with Gasteiger partial charge in [-0.05, 0) is 25.1 Å². The van der Waals surface area contributed by atoms with E-state index in [-0.39, 0.29) is 0 Å². The minimum Gasteiger partial charge on any atom is -0.350 e. The second-order valence-corrected chi connectivity index (χ2v) is 5.68. The Balaban J connectivity index is 1.69. The SMILES string of the molecule is CN1CCN(CCc2cn(C)c3ccccc23)CC1. The molecular weight excluding hydrogens is 234 g/mol. The van der Waals surface area contributed by atoms with Gasteiger partial charge in [-0.3, -0.25) is 0 Å². The van der Waals surface area contributed by atoms with Crippen molar-refractivity contribution in [1.82, 2.24) is 14.4 Å². The number of rotatable bonds is 3. The van der Waals surface area contributed by atoms with Crippen LogP contribution in [0.5, 0.6) is 0 Å². The number of hydrogen-bond donors (Lipinski definition) is 0. The Hall–Kier alpha value is -1.32. The van der Waals surface area contributed by atoms with Crippen molar-refractivity contribution < 1.29 is 0 Å². The van der Waals surface area contributed by atoms with Gasteiger partial charge < -0.3 is 14.4 Å². The van der Waals surface area contributed by atoms with Gasteiger partial charge in [-0.25, -0.2) is 0 Å². The van der Waals surface area contributed by atoms with E-state index in [0.717, 1.165) is 6.42 Å². The summed E-state index contributed by atoms with van der Waals surface area (Å²) in [5.41, 5.74) is 2.83. The number of aromatic nitrogens is 1. The largest absolute Gasteiger partial charge is 0.350 e. The van der Waals surface area contributed by atoms with E-state index < -0.39 is 0 Å². The van der Waals surface area contributed by atoms with Gasteiger partial charge in [0.15, 0.2) is 0 Å². The maximum absolute atomic E-state index is 2.59. The highest BCUT2D eigenvalue weighted by molar-refractivity contribution is 5.83. The van der Waals surface area contributed by atoms with Crippen molar-refractivity contribution in [3.8, 4) is 0 Å². The smallest absolute Gasteiger partial charge is 0.0480 e. The zero-order chi connectivity index (χ0) is 13.2. The third-order valence-electron chi connectivity index (χ3n) is 4.27. The standard InChI is InChI=1S/C16H23N3/c1-17-9-11-19(12-10-17)8-7-14-13-18(2)16-6-4-3-5-15(14)16/h3-6,13H,7-12H2,1-2H3. The van der Waals surface area contributed by atoms with Gasteiger partial charge in [-0.1, -0.05) is 18.2 Å². The second kappa shape index (κ2) is 5.35. The van der Waals surface area contributed by atoms with E-state index >= 15 is 0 Å². The topological polar surface area (TPSA) is 11.4 Å². The molecule has 3 rings (SSSR count). The van der Waals surface area contributed by atoms with Crippen LogP contribution in [0.3, 0.4) is 0 Å². The van der Waals surface area contributed by atoms with Crippen molar-refractivity contribution in [2.45, 2.75) is 6.42 Å². The summed E-state index contributed by atoms with van der Waals surface area (Å²) in [4.78, 5) is 5.00. The molecule has 0 atom stereocenters. The maximum atomic E-state index is 2.59. The first kappa shape index (κ1) is 12.7. The lowest BCUT2D eigenvalue weighted by atomic mass is 10.1. The molecule has 102 valence electrons. The quantitative estimate of drug-likeness (QED) is 0.833. The van der Waals surface area contributed by atoms with E-state index in [1.807, 2.05) is 0 Å². The van der Waals surface area contributed by atoms with E-state index in [9.17, 15) is 0 Å². The molecule has 3 nitrogen and oxygen atoms in total. The van der Waals surface area contributed by atoms with Gasteiger partial charge in [0.1, 0.15) is 0 Å². The number of piperazine rings is 1. The highest BCUT2D eigenvalue weighted by Gasteiger charge is 2.14. The van der Waals surface area contributed by atoms with Crippen molar-refractivity contribution in [3.05, 3.63) is 36.0 Å². The summed E-state index contributed by atoms with van der Waals surface area (Å²) in [6, 6.07) is 8.71. The minimum absolute atomic E-state index is 1.16. The summed E-state index contributed by atoms with van der Waals surface area (Å²) in [7, 11) is 4.35. The molecular formula is C16H23N3. The predicted octanol–water partition coefficient (Wildman–Crippen LogP) is 1.97. The summed E-state index contributed by atoms with van der Waals surface area (Å²) in [6.07, 6.45) is 3.45. The summed E-state index contributed by atoms with van der Waals surface area (Å²) < 4.78 is 2.24. The van der Waals surface area contributed by atoms with Gasteiger partial charge >= 0.3 is 0 Å². The molecule has 2 heterocycles. The molecule has 19 heavy (non-hydrogen) atoms. The average molecular weight is 257 g/mol. The maximum Gasteiger partial charge on any atom is 0.0480 e. The second-order valence-electron chi connectivity index (χ2n) is 5.68. The number of fused-ring (bicyclic) bond motifs is 1. The number of benzene rings is 1. The van der Waals surface area contributed by atoms with Crippen LogP contribution in [0, 0.1) is 0 Å². The molecule has 0 spiro atoms. The van der Waals surface area contributed by atoms with E-state index in [2.05, 4.69) is 58.9 Å². The Kier molecular flexibility index (Phi) is 3.58. The van der Waals surface area contributed by atoms with E-state index in [0.29, 0.717) is 0 Å². The molecule has 0 bridgehead atoms. The number of hydrogen-bond acceptors (Lipinski definition) is 2. The Morgan fingerprint density at radius 1 is 1.00 bits per heavy atom. The fourth-order valence-electron chi connectivity index (χ4n) is 2.97. The minimum atomic E-state index is 1.16. The first-order valence-corrected chi connectivity index (χ1v) is 7.18. The molecule has 1 saturated heterocycles. The number of para-hydroxylation sites is 1. The van der Waals surface area contributed by atoms with Crippen molar-refractivity contribution in [3.63, 3.8) is 0 Å². The summed E-state index contributed by atoms with van der Waals surface area (Å²) in [6.45, 7) is 6.01. The van der Waals surface area contributed by atoms with E-state index in [1.54, 1.807) is 0 Å². The highest BCUT2D eigenvalue weighted by atomic mass is 15.2. The number of likely N-dealkylation sites (N-methyl/N-ethyl adjacent to an activating group) is 1. The molecule has 1 aliphatic heterocycles.